The number of nitrogens with one attached hydrogen (secondary N) is 1. The predicted octanol–water partition coefficient (Wildman–Crippen LogP) is 4.75. The summed E-state index contributed by atoms with van der Waals surface area (Å²) in [7, 11) is 0. The van der Waals surface area contributed by atoms with Crippen molar-refractivity contribution in [2.45, 2.75) is 6.92 Å². The van der Waals surface area contributed by atoms with Crippen molar-refractivity contribution in [2.75, 3.05) is 10.2 Å². The largest absolute Gasteiger partial charge is 0.318 e. The van der Waals surface area contributed by atoms with Gasteiger partial charge in [0, 0.05) is 6.20 Å². The molecule has 1 aliphatic rings. The van der Waals surface area contributed by atoms with Gasteiger partial charge in [0.1, 0.15) is 5.69 Å². The SMILES string of the molecule is Cc1cccc2c1C(=O)N(c1cc(Cl)c(NC(=O)c3ccccn3)c(Cl)c1)C2=O. The van der Waals surface area contributed by atoms with Crippen molar-refractivity contribution in [1.29, 1.82) is 0 Å². The molecule has 0 radical (unpaired) electrons. The molecule has 0 bridgehead atoms. The van der Waals surface area contributed by atoms with Gasteiger partial charge >= 0.3 is 0 Å². The molecule has 29 heavy (non-hydrogen) atoms. The first kappa shape index (κ1) is 19.1. The quantitative estimate of drug-likeness (QED) is 0.613. The fourth-order valence-electron chi connectivity index (χ4n) is 3.17. The van der Waals surface area contributed by atoms with E-state index < -0.39 is 17.7 Å². The Labute approximate surface area is 176 Å². The van der Waals surface area contributed by atoms with Crippen LogP contribution < -0.4 is 10.2 Å². The van der Waals surface area contributed by atoms with Crippen LogP contribution in [0.15, 0.2) is 54.7 Å². The van der Waals surface area contributed by atoms with Crippen LogP contribution in [-0.2, 0) is 0 Å². The van der Waals surface area contributed by atoms with Gasteiger partial charge in [-0.2, -0.15) is 0 Å². The highest BCUT2D eigenvalue weighted by atomic mass is 35.5. The minimum absolute atomic E-state index is 0.0880. The van der Waals surface area contributed by atoms with Crippen LogP contribution in [0.4, 0.5) is 11.4 Å². The molecule has 8 heteroatoms. The summed E-state index contributed by atoms with van der Waals surface area (Å²) in [5.74, 6) is -1.38. The van der Waals surface area contributed by atoms with Gasteiger partial charge in [0.25, 0.3) is 17.7 Å². The number of hydrogen-bond acceptors (Lipinski definition) is 4. The van der Waals surface area contributed by atoms with Gasteiger partial charge < -0.3 is 5.32 Å². The molecule has 0 atom stereocenters. The summed E-state index contributed by atoms with van der Waals surface area (Å²) >= 11 is 12.6. The molecule has 0 fully saturated rings. The first-order valence-electron chi connectivity index (χ1n) is 8.58. The smallest absolute Gasteiger partial charge is 0.274 e. The third kappa shape index (κ3) is 3.26. The van der Waals surface area contributed by atoms with E-state index in [0.717, 1.165) is 4.90 Å². The van der Waals surface area contributed by atoms with Gasteiger partial charge in [-0.25, -0.2) is 4.90 Å². The number of carbonyl (C=O) groups is 3. The number of pyridine rings is 1. The molecule has 0 saturated carbocycles. The van der Waals surface area contributed by atoms with E-state index >= 15 is 0 Å². The van der Waals surface area contributed by atoms with E-state index in [2.05, 4.69) is 10.3 Å². The number of nitrogens with zero attached hydrogens (tertiary/aromatic N) is 2. The van der Waals surface area contributed by atoms with E-state index in [1.807, 2.05) is 0 Å². The summed E-state index contributed by atoms with van der Waals surface area (Å²) in [4.78, 5) is 42.9. The first-order valence-corrected chi connectivity index (χ1v) is 9.34. The highest BCUT2D eigenvalue weighted by Gasteiger charge is 2.38. The van der Waals surface area contributed by atoms with Crippen LogP contribution >= 0.6 is 23.2 Å². The molecule has 4 rings (SSSR count). The van der Waals surface area contributed by atoms with Crippen LogP contribution in [0.1, 0.15) is 36.8 Å². The highest BCUT2D eigenvalue weighted by Crippen LogP contribution is 2.38. The number of fused-ring (bicyclic) bond motifs is 1. The fourth-order valence-corrected chi connectivity index (χ4v) is 3.74. The zero-order valence-electron chi connectivity index (χ0n) is 15.1. The minimum atomic E-state index is -0.487. The van der Waals surface area contributed by atoms with E-state index in [9.17, 15) is 14.4 Å². The Balaban J connectivity index is 1.68. The van der Waals surface area contributed by atoms with Crippen LogP contribution in [0, 0.1) is 6.92 Å². The molecule has 6 nitrogen and oxygen atoms in total. The standard InChI is InChI=1S/C21H13Cl2N3O3/c1-11-5-4-6-13-17(11)21(29)26(20(13)28)12-9-14(22)18(15(23)10-12)25-19(27)16-7-2-3-8-24-16/h2-10H,1H3,(H,25,27). The lowest BCUT2D eigenvalue weighted by atomic mass is 10.0. The van der Waals surface area contributed by atoms with Crippen LogP contribution in [0.25, 0.3) is 0 Å². The molecule has 0 spiro atoms. The Morgan fingerprint density at radius 3 is 2.34 bits per heavy atom. The Morgan fingerprint density at radius 2 is 1.72 bits per heavy atom. The van der Waals surface area contributed by atoms with E-state index in [-0.39, 0.29) is 27.1 Å². The lowest BCUT2D eigenvalue weighted by Crippen LogP contribution is -2.29. The number of rotatable bonds is 3. The number of halogens is 2. The maximum atomic E-state index is 12.8. The Bertz CT molecular complexity index is 1160. The average Bonchev–Trinajstić information content (AvgIpc) is 2.96. The summed E-state index contributed by atoms with van der Waals surface area (Å²) in [5, 5.41) is 2.78. The molecule has 3 aromatic rings. The molecule has 2 heterocycles. The lowest BCUT2D eigenvalue weighted by molar-refractivity contribution is 0.0924. The van der Waals surface area contributed by atoms with Crippen molar-refractivity contribution in [3.63, 3.8) is 0 Å². The molecule has 3 amide bonds. The second kappa shape index (κ2) is 7.31. The molecular weight excluding hydrogens is 413 g/mol. The fraction of sp³-hybridized carbons (Fsp3) is 0.0476. The molecule has 1 N–H and O–H groups in total. The van der Waals surface area contributed by atoms with E-state index in [4.69, 9.17) is 23.2 Å². The summed E-state index contributed by atoms with van der Waals surface area (Å²) in [6.07, 6.45) is 1.49. The number of hydrogen-bond donors (Lipinski definition) is 1. The number of benzene rings is 2. The number of amides is 3. The topological polar surface area (TPSA) is 79.4 Å². The van der Waals surface area contributed by atoms with Crippen LogP contribution in [0.2, 0.25) is 10.0 Å². The van der Waals surface area contributed by atoms with Gasteiger partial charge in [0.2, 0.25) is 0 Å². The average molecular weight is 426 g/mol. The Kier molecular flexibility index (Phi) is 4.82. The highest BCUT2D eigenvalue weighted by molar-refractivity contribution is 6.41. The van der Waals surface area contributed by atoms with Crippen LogP contribution in [0.5, 0.6) is 0 Å². The molecule has 1 aliphatic heterocycles. The third-order valence-electron chi connectivity index (χ3n) is 4.54. The number of carbonyl (C=O) groups excluding carboxylic acids is 3. The zero-order valence-corrected chi connectivity index (χ0v) is 16.6. The van der Waals surface area contributed by atoms with Crippen molar-refractivity contribution < 1.29 is 14.4 Å². The van der Waals surface area contributed by atoms with Crippen LogP contribution in [-0.4, -0.2) is 22.7 Å². The maximum Gasteiger partial charge on any atom is 0.274 e. The molecular formula is C21H13Cl2N3O3. The molecule has 144 valence electrons. The number of imide groups is 1. The lowest BCUT2D eigenvalue weighted by Gasteiger charge is -2.17. The second-order valence-electron chi connectivity index (χ2n) is 6.40. The summed E-state index contributed by atoms with van der Waals surface area (Å²) in [6.45, 7) is 1.77. The van der Waals surface area contributed by atoms with Gasteiger partial charge in [-0.3, -0.25) is 19.4 Å². The molecule has 0 aliphatic carbocycles. The predicted molar refractivity (Wildman–Crippen MR) is 111 cm³/mol. The van der Waals surface area contributed by atoms with Gasteiger partial charge in [-0.05, 0) is 42.8 Å². The van der Waals surface area contributed by atoms with E-state index in [0.29, 0.717) is 16.7 Å². The maximum absolute atomic E-state index is 12.8. The summed E-state index contributed by atoms with van der Waals surface area (Å²) in [5.41, 5.74) is 1.98. The van der Waals surface area contributed by atoms with Crippen LogP contribution in [0.3, 0.4) is 0 Å². The number of aromatic nitrogens is 1. The zero-order chi connectivity index (χ0) is 20.7. The van der Waals surface area contributed by atoms with Crippen molar-refractivity contribution in [1.82, 2.24) is 4.98 Å². The van der Waals surface area contributed by atoms with Crippen molar-refractivity contribution >= 4 is 52.3 Å². The third-order valence-corrected chi connectivity index (χ3v) is 5.14. The number of aryl methyl sites for hydroxylation is 1. The van der Waals surface area contributed by atoms with Crippen molar-refractivity contribution in [2.24, 2.45) is 0 Å². The summed E-state index contributed by atoms with van der Waals surface area (Å²) < 4.78 is 0. The number of anilines is 2. The second-order valence-corrected chi connectivity index (χ2v) is 7.21. The molecule has 1 aromatic heterocycles. The molecule has 2 aromatic carbocycles. The normalized spacial score (nSPS) is 12.9. The van der Waals surface area contributed by atoms with Gasteiger partial charge in [0.05, 0.1) is 32.5 Å². The molecule has 0 saturated heterocycles. The Morgan fingerprint density at radius 1 is 1.00 bits per heavy atom. The Hall–Kier alpha value is -3.22. The first-order chi connectivity index (χ1) is 13.9. The van der Waals surface area contributed by atoms with Crippen molar-refractivity contribution in [3.05, 3.63) is 87.2 Å². The van der Waals surface area contributed by atoms with Crippen molar-refractivity contribution in [3.8, 4) is 0 Å². The molecule has 0 unspecified atom stereocenters. The van der Waals surface area contributed by atoms with Gasteiger partial charge in [-0.1, -0.05) is 41.4 Å². The van der Waals surface area contributed by atoms with E-state index in [1.54, 1.807) is 43.3 Å². The minimum Gasteiger partial charge on any atom is -0.318 e. The van der Waals surface area contributed by atoms with Gasteiger partial charge in [0.15, 0.2) is 0 Å². The monoisotopic (exact) mass is 425 g/mol. The van der Waals surface area contributed by atoms with Gasteiger partial charge in [-0.15, -0.1) is 0 Å². The van der Waals surface area contributed by atoms with E-state index in [1.165, 1.54) is 18.3 Å². The summed E-state index contributed by atoms with van der Waals surface area (Å²) in [6, 6.07) is 12.8.